The molecule has 2 bridgehead atoms. The van der Waals surface area contributed by atoms with Crippen LogP contribution in [-0.2, 0) is 16.0 Å². The smallest absolute Gasteiger partial charge is 0.259 e. The number of imide groups is 1. The van der Waals surface area contributed by atoms with Gasteiger partial charge in [0.05, 0.1) is 11.8 Å². The third kappa shape index (κ3) is 3.22. The van der Waals surface area contributed by atoms with Crippen LogP contribution in [0.4, 0.5) is 5.69 Å². The fourth-order valence-corrected chi connectivity index (χ4v) is 6.49. The maximum atomic E-state index is 13.6. The van der Waals surface area contributed by atoms with E-state index < -0.39 is 0 Å². The molecule has 2 saturated carbocycles. The molecule has 2 aromatic rings. The lowest BCUT2D eigenvalue weighted by Gasteiger charge is -2.37. The van der Waals surface area contributed by atoms with Gasteiger partial charge in [-0.15, -0.1) is 0 Å². The Labute approximate surface area is 201 Å². The standard InChI is InChI=1S/C27H25BrN2O3/c1-2-15-3-9-18(10-4-15)29(25(31)16-5-7-17(28)8-6-16)14-30-26(32)23-19-11-12-20(22-13-21(19)22)24(23)27(30)33/h3-12,19-24H,2,13-14H2,1H3. The number of aryl methyl sites for hydroxylation is 1. The van der Waals surface area contributed by atoms with E-state index in [0.717, 1.165) is 22.9 Å². The van der Waals surface area contributed by atoms with Crippen LogP contribution in [-0.4, -0.2) is 29.3 Å². The van der Waals surface area contributed by atoms with Crippen LogP contribution < -0.4 is 4.90 Å². The number of nitrogens with zero attached hydrogens (tertiary/aromatic N) is 2. The molecule has 33 heavy (non-hydrogen) atoms. The normalized spacial score (nSPS) is 30.9. The molecule has 5 aliphatic rings. The van der Waals surface area contributed by atoms with Crippen molar-refractivity contribution in [3.05, 3.63) is 76.3 Å². The summed E-state index contributed by atoms with van der Waals surface area (Å²) in [5.41, 5.74) is 2.35. The summed E-state index contributed by atoms with van der Waals surface area (Å²) in [6.45, 7) is 2.02. The van der Waals surface area contributed by atoms with Crippen LogP contribution in [0.15, 0.2) is 65.2 Å². The van der Waals surface area contributed by atoms with Crippen molar-refractivity contribution < 1.29 is 14.4 Å². The minimum atomic E-state index is -0.261. The van der Waals surface area contributed by atoms with Gasteiger partial charge in [-0.05, 0) is 78.5 Å². The van der Waals surface area contributed by atoms with Crippen molar-refractivity contribution >= 4 is 39.3 Å². The van der Waals surface area contributed by atoms with Crippen molar-refractivity contribution in [1.29, 1.82) is 0 Å². The van der Waals surface area contributed by atoms with E-state index in [1.54, 1.807) is 17.0 Å². The van der Waals surface area contributed by atoms with Crippen molar-refractivity contribution in [2.24, 2.45) is 35.5 Å². The van der Waals surface area contributed by atoms with E-state index in [2.05, 4.69) is 35.0 Å². The van der Waals surface area contributed by atoms with E-state index >= 15 is 0 Å². The van der Waals surface area contributed by atoms with Gasteiger partial charge < -0.3 is 0 Å². The molecule has 7 rings (SSSR count). The number of rotatable bonds is 5. The lowest BCUT2D eigenvalue weighted by Crippen LogP contribution is -2.45. The molecule has 1 saturated heterocycles. The minimum Gasteiger partial charge on any atom is -0.290 e. The molecule has 1 heterocycles. The van der Waals surface area contributed by atoms with E-state index in [-0.39, 0.29) is 48.1 Å². The van der Waals surface area contributed by atoms with E-state index in [1.165, 1.54) is 4.90 Å². The second-order valence-electron chi connectivity index (χ2n) is 9.66. The minimum absolute atomic E-state index is 0.0557. The van der Waals surface area contributed by atoms with Gasteiger partial charge in [-0.25, -0.2) is 0 Å². The Hall–Kier alpha value is -2.73. The van der Waals surface area contributed by atoms with Crippen molar-refractivity contribution in [1.82, 2.24) is 4.90 Å². The molecule has 0 aromatic heterocycles. The van der Waals surface area contributed by atoms with Gasteiger partial charge >= 0.3 is 0 Å². The molecular formula is C27H25BrN2O3. The second-order valence-corrected chi connectivity index (χ2v) is 10.6. The fraction of sp³-hybridized carbons (Fsp3) is 0.370. The molecule has 3 amide bonds. The van der Waals surface area contributed by atoms with Crippen LogP contribution in [0, 0.1) is 35.5 Å². The summed E-state index contributed by atoms with van der Waals surface area (Å²) in [5, 5.41) is 0. The maximum absolute atomic E-state index is 13.6. The topological polar surface area (TPSA) is 57.7 Å². The number of hydrogen-bond donors (Lipinski definition) is 0. The van der Waals surface area contributed by atoms with Gasteiger partial charge in [0.2, 0.25) is 11.8 Å². The van der Waals surface area contributed by atoms with E-state index in [0.29, 0.717) is 23.1 Å². The van der Waals surface area contributed by atoms with Gasteiger partial charge in [0.15, 0.2) is 0 Å². The first-order chi connectivity index (χ1) is 16.0. The average Bonchev–Trinajstić information content (AvgIpc) is 3.63. The lowest BCUT2D eigenvalue weighted by molar-refractivity contribution is -0.140. The summed E-state index contributed by atoms with van der Waals surface area (Å²) < 4.78 is 0.883. The molecule has 1 aliphatic heterocycles. The fourth-order valence-electron chi connectivity index (χ4n) is 6.22. The zero-order valence-corrected chi connectivity index (χ0v) is 19.9. The van der Waals surface area contributed by atoms with Crippen LogP contribution in [0.1, 0.15) is 29.3 Å². The second kappa shape index (κ2) is 7.66. The van der Waals surface area contributed by atoms with Crippen LogP contribution >= 0.6 is 15.9 Å². The first kappa shape index (κ1) is 20.8. The quantitative estimate of drug-likeness (QED) is 0.439. The third-order valence-electron chi connectivity index (χ3n) is 8.03. The molecule has 4 aliphatic carbocycles. The van der Waals surface area contributed by atoms with Gasteiger partial charge in [0.25, 0.3) is 5.91 Å². The van der Waals surface area contributed by atoms with Crippen LogP contribution in [0.2, 0.25) is 0 Å². The number of carbonyl (C=O) groups excluding carboxylic acids is 3. The number of halogens is 1. The van der Waals surface area contributed by atoms with Gasteiger partial charge in [-0.2, -0.15) is 0 Å². The molecule has 2 aromatic carbocycles. The highest BCUT2D eigenvalue weighted by Crippen LogP contribution is 2.65. The number of benzene rings is 2. The predicted octanol–water partition coefficient (Wildman–Crippen LogP) is 4.67. The highest BCUT2D eigenvalue weighted by Gasteiger charge is 2.67. The van der Waals surface area contributed by atoms with E-state index in [4.69, 9.17) is 0 Å². The monoisotopic (exact) mass is 504 g/mol. The molecule has 3 fully saturated rings. The first-order valence-corrected chi connectivity index (χ1v) is 12.5. The Morgan fingerprint density at radius 2 is 1.52 bits per heavy atom. The Balaban J connectivity index is 1.33. The SMILES string of the molecule is CCc1ccc(N(CN2C(=O)C3C4C=CC(C5CC45)C3C2=O)C(=O)c2ccc(Br)cc2)cc1. The molecule has 6 heteroatoms. The molecule has 6 atom stereocenters. The van der Waals surface area contributed by atoms with Crippen LogP contribution in [0.25, 0.3) is 0 Å². The van der Waals surface area contributed by atoms with E-state index in [1.807, 2.05) is 36.4 Å². The third-order valence-corrected chi connectivity index (χ3v) is 8.56. The van der Waals surface area contributed by atoms with Crippen LogP contribution in [0.5, 0.6) is 0 Å². The summed E-state index contributed by atoms with van der Waals surface area (Å²) in [6.07, 6.45) is 6.37. The Morgan fingerprint density at radius 3 is 2.06 bits per heavy atom. The highest BCUT2D eigenvalue weighted by molar-refractivity contribution is 9.10. The van der Waals surface area contributed by atoms with Crippen molar-refractivity contribution in [2.75, 3.05) is 11.6 Å². The largest absolute Gasteiger partial charge is 0.290 e. The van der Waals surface area contributed by atoms with Crippen molar-refractivity contribution in [2.45, 2.75) is 19.8 Å². The number of amides is 3. The lowest BCUT2D eigenvalue weighted by atomic mass is 9.63. The molecule has 5 nitrogen and oxygen atoms in total. The number of carbonyl (C=O) groups is 3. The summed E-state index contributed by atoms with van der Waals surface area (Å²) in [5.74, 6) is 0.469. The molecule has 0 N–H and O–H groups in total. The number of hydrogen-bond acceptors (Lipinski definition) is 3. The van der Waals surface area contributed by atoms with E-state index in [9.17, 15) is 14.4 Å². The molecule has 0 spiro atoms. The average molecular weight is 505 g/mol. The van der Waals surface area contributed by atoms with Crippen LogP contribution in [0.3, 0.4) is 0 Å². The first-order valence-electron chi connectivity index (χ1n) is 11.7. The summed E-state index contributed by atoms with van der Waals surface area (Å²) in [7, 11) is 0. The highest BCUT2D eigenvalue weighted by atomic mass is 79.9. The number of likely N-dealkylation sites (tertiary alicyclic amines) is 1. The summed E-state index contributed by atoms with van der Waals surface area (Å²) >= 11 is 3.41. The predicted molar refractivity (Wildman–Crippen MR) is 128 cm³/mol. The van der Waals surface area contributed by atoms with Gasteiger partial charge in [-0.1, -0.05) is 47.1 Å². The molecule has 6 unspecified atom stereocenters. The van der Waals surface area contributed by atoms with Crippen molar-refractivity contribution in [3.8, 4) is 0 Å². The summed E-state index contributed by atoms with van der Waals surface area (Å²) in [4.78, 5) is 43.5. The van der Waals surface area contributed by atoms with Gasteiger partial charge in [0, 0.05) is 15.7 Å². The summed E-state index contributed by atoms with van der Waals surface area (Å²) in [6, 6.07) is 14.9. The zero-order valence-electron chi connectivity index (χ0n) is 18.4. The Kier molecular flexibility index (Phi) is 4.84. The molecule has 168 valence electrons. The van der Waals surface area contributed by atoms with Gasteiger partial charge in [0.1, 0.15) is 6.67 Å². The number of allylic oxidation sites excluding steroid dienone is 2. The molecule has 0 radical (unpaired) electrons. The van der Waals surface area contributed by atoms with Gasteiger partial charge in [-0.3, -0.25) is 24.2 Å². The van der Waals surface area contributed by atoms with Crippen molar-refractivity contribution in [3.63, 3.8) is 0 Å². The zero-order chi connectivity index (χ0) is 22.9. The number of anilines is 1. The molecular weight excluding hydrogens is 480 g/mol. The maximum Gasteiger partial charge on any atom is 0.259 e. The Morgan fingerprint density at radius 1 is 0.939 bits per heavy atom. The Bertz CT molecular complexity index is 1140.